The number of hydrogen-bond acceptors (Lipinski definition) is 4. The Balaban J connectivity index is 1.38. The summed E-state index contributed by atoms with van der Waals surface area (Å²) in [6.07, 6.45) is 2.04. The first kappa shape index (κ1) is 21.6. The zero-order chi connectivity index (χ0) is 22.1. The molecule has 0 saturated carbocycles. The summed E-state index contributed by atoms with van der Waals surface area (Å²) in [6.45, 7) is 7.23. The average molecular weight is 496 g/mol. The number of carbonyl (C=O) groups is 1. The summed E-state index contributed by atoms with van der Waals surface area (Å²) in [5, 5.41) is 3.43. The summed E-state index contributed by atoms with van der Waals surface area (Å²) < 4.78 is 3.32. The van der Waals surface area contributed by atoms with E-state index in [9.17, 15) is 4.79 Å². The number of carbonyl (C=O) groups excluding carboxylic acids is 1. The van der Waals surface area contributed by atoms with Crippen LogP contribution in [-0.4, -0.2) is 64.0 Å². The maximum absolute atomic E-state index is 13.2. The number of benzene rings is 2. The van der Waals surface area contributed by atoms with Gasteiger partial charge in [-0.2, -0.15) is 0 Å². The number of aromatic nitrogens is 2. The van der Waals surface area contributed by atoms with Gasteiger partial charge < -0.3 is 10.2 Å². The number of amides is 1. The molecule has 0 bridgehead atoms. The summed E-state index contributed by atoms with van der Waals surface area (Å²) in [5.41, 5.74) is 3.23. The van der Waals surface area contributed by atoms with Gasteiger partial charge >= 0.3 is 0 Å². The Morgan fingerprint density at radius 1 is 1.12 bits per heavy atom. The monoisotopic (exact) mass is 495 g/mol. The predicted molar refractivity (Wildman–Crippen MR) is 131 cm³/mol. The molecule has 32 heavy (non-hydrogen) atoms. The molecule has 0 spiro atoms. The highest BCUT2D eigenvalue weighted by molar-refractivity contribution is 9.10. The van der Waals surface area contributed by atoms with Crippen molar-refractivity contribution >= 4 is 32.9 Å². The van der Waals surface area contributed by atoms with Crippen molar-refractivity contribution in [3.63, 3.8) is 0 Å². The van der Waals surface area contributed by atoms with Gasteiger partial charge in [0.25, 0.3) is 0 Å². The number of para-hydroxylation sites is 2. The van der Waals surface area contributed by atoms with Gasteiger partial charge in [-0.3, -0.25) is 14.3 Å². The molecule has 168 valence electrons. The summed E-state index contributed by atoms with van der Waals surface area (Å²) in [4.78, 5) is 22.7. The maximum Gasteiger partial charge on any atom is 0.227 e. The highest BCUT2D eigenvalue weighted by Crippen LogP contribution is 2.26. The van der Waals surface area contributed by atoms with Gasteiger partial charge in [0.05, 0.1) is 23.5 Å². The number of piperidine rings is 1. The van der Waals surface area contributed by atoms with Crippen LogP contribution in [0.3, 0.4) is 0 Å². The van der Waals surface area contributed by atoms with Crippen LogP contribution in [0.2, 0.25) is 0 Å². The first-order valence-corrected chi connectivity index (χ1v) is 12.3. The molecule has 0 aliphatic carbocycles. The molecule has 1 amide bonds. The number of nitrogens with zero attached hydrogens (tertiary/aromatic N) is 4. The van der Waals surface area contributed by atoms with Crippen LogP contribution in [0.15, 0.2) is 53.0 Å². The number of piperazine rings is 1. The van der Waals surface area contributed by atoms with Crippen LogP contribution in [0.4, 0.5) is 0 Å². The number of halogens is 1. The van der Waals surface area contributed by atoms with Crippen LogP contribution in [0, 0.1) is 5.92 Å². The van der Waals surface area contributed by atoms with Crippen LogP contribution in [0.5, 0.6) is 0 Å². The number of rotatable bonds is 4. The molecule has 1 N–H and O–H groups in total. The Bertz CT molecular complexity index is 1100. The lowest BCUT2D eigenvalue weighted by Gasteiger charge is -2.38. The Labute approximate surface area is 197 Å². The topological polar surface area (TPSA) is 53.4 Å². The van der Waals surface area contributed by atoms with Crippen LogP contribution >= 0.6 is 15.9 Å². The van der Waals surface area contributed by atoms with Crippen molar-refractivity contribution < 1.29 is 4.79 Å². The van der Waals surface area contributed by atoms with E-state index in [0.717, 1.165) is 79.1 Å². The van der Waals surface area contributed by atoms with Crippen LogP contribution in [0.1, 0.15) is 25.6 Å². The van der Waals surface area contributed by atoms with Crippen LogP contribution < -0.4 is 5.32 Å². The molecule has 0 unspecified atom stereocenters. The number of hydrogen-bond donors (Lipinski definition) is 1. The van der Waals surface area contributed by atoms with E-state index >= 15 is 0 Å². The smallest absolute Gasteiger partial charge is 0.227 e. The van der Waals surface area contributed by atoms with E-state index in [1.165, 1.54) is 0 Å². The third-order valence-electron chi connectivity index (χ3n) is 6.62. The van der Waals surface area contributed by atoms with Gasteiger partial charge in [-0.1, -0.05) is 28.1 Å². The number of likely N-dealkylation sites (tertiary alicyclic amines) is 1. The summed E-state index contributed by atoms with van der Waals surface area (Å²) >= 11 is 3.54. The SMILES string of the molecule is C[C@@H]1CN(C(=O)[C@@H]2CCCN(Cc3nc4ccccc4n3-c3ccc(Br)cc3)C2)CCN1. The second-order valence-corrected chi connectivity index (χ2v) is 9.96. The Morgan fingerprint density at radius 3 is 2.75 bits per heavy atom. The summed E-state index contributed by atoms with van der Waals surface area (Å²) in [7, 11) is 0. The lowest BCUT2D eigenvalue weighted by Crippen LogP contribution is -2.54. The number of nitrogens with one attached hydrogen (secondary N) is 1. The van der Waals surface area contributed by atoms with E-state index in [4.69, 9.17) is 4.98 Å². The second-order valence-electron chi connectivity index (χ2n) is 9.04. The van der Waals surface area contributed by atoms with E-state index in [2.05, 4.69) is 85.0 Å². The van der Waals surface area contributed by atoms with Gasteiger partial charge in [0.15, 0.2) is 0 Å². The van der Waals surface area contributed by atoms with Gasteiger partial charge in [0.2, 0.25) is 5.91 Å². The third-order valence-corrected chi connectivity index (χ3v) is 7.14. The van der Waals surface area contributed by atoms with Crippen molar-refractivity contribution in [3.05, 3.63) is 58.8 Å². The minimum atomic E-state index is 0.0829. The van der Waals surface area contributed by atoms with Gasteiger partial charge in [-0.25, -0.2) is 4.98 Å². The van der Waals surface area contributed by atoms with Crippen molar-refractivity contribution in [1.29, 1.82) is 0 Å². The van der Waals surface area contributed by atoms with Gasteiger partial charge in [0.1, 0.15) is 5.82 Å². The van der Waals surface area contributed by atoms with E-state index in [1.54, 1.807) is 0 Å². The number of imidazole rings is 1. The lowest BCUT2D eigenvalue weighted by molar-refractivity contribution is -0.138. The van der Waals surface area contributed by atoms with Gasteiger partial charge in [-0.15, -0.1) is 0 Å². The fourth-order valence-corrected chi connectivity index (χ4v) is 5.32. The zero-order valence-corrected chi connectivity index (χ0v) is 20.1. The van der Waals surface area contributed by atoms with E-state index in [-0.39, 0.29) is 5.92 Å². The van der Waals surface area contributed by atoms with Crippen molar-refractivity contribution in [2.75, 3.05) is 32.7 Å². The molecular formula is C25H30BrN5O. The molecule has 3 heterocycles. The standard InChI is InChI=1S/C25H30BrN5O/c1-18-15-30(14-12-27-18)25(32)19-5-4-13-29(16-19)17-24-28-22-6-2-3-7-23(22)31(24)21-10-8-20(26)9-11-21/h2-3,6-11,18-19,27H,4-5,12-17H2,1H3/t18-,19-/m1/s1. The Hall–Kier alpha value is -2.22. The molecule has 5 rings (SSSR count). The maximum atomic E-state index is 13.2. The first-order chi connectivity index (χ1) is 15.6. The summed E-state index contributed by atoms with van der Waals surface area (Å²) in [5.74, 6) is 1.43. The average Bonchev–Trinajstić information content (AvgIpc) is 3.17. The largest absolute Gasteiger partial charge is 0.340 e. The Kier molecular flexibility index (Phi) is 6.31. The molecule has 6 nitrogen and oxygen atoms in total. The quantitative estimate of drug-likeness (QED) is 0.597. The molecule has 7 heteroatoms. The molecule has 2 fully saturated rings. The molecule has 2 atom stereocenters. The highest BCUT2D eigenvalue weighted by Gasteiger charge is 2.31. The predicted octanol–water partition coefficient (Wildman–Crippen LogP) is 3.82. The molecule has 1 aromatic heterocycles. The minimum Gasteiger partial charge on any atom is -0.340 e. The van der Waals surface area contributed by atoms with Crippen molar-refractivity contribution in [3.8, 4) is 5.69 Å². The van der Waals surface area contributed by atoms with Crippen LogP contribution in [-0.2, 0) is 11.3 Å². The van der Waals surface area contributed by atoms with Gasteiger partial charge in [-0.05, 0) is 62.7 Å². The lowest BCUT2D eigenvalue weighted by atomic mass is 9.96. The first-order valence-electron chi connectivity index (χ1n) is 11.6. The van der Waals surface area contributed by atoms with Crippen molar-refractivity contribution in [2.45, 2.75) is 32.4 Å². The molecule has 2 aliphatic rings. The van der Waals surface area contributed by atoms with E-state index < -0.39 is 0 Å². The van der Waals surface area contributed by atoms with Crippen molar-refractivity contribution in [1.82, 2.24) is 24.7 Å². The highest BCUT2D eigenvalue weighted by atomic mass is 79.9. The molecular weight excluding hydrogens is 466 g/mol. The van der Waals surface area contributed by atoms with Gasteiger partial charge in [0, 0.05) is 42.4 Å². The van der Waals surface area contributed by atoms with Crippen LogP contribution in [0.25, 0.3) is 16.7 Å². The second kappa shape index (κ2) is 9.33. The molecule has 2 saturated heterocycles. The molecule has 3 aromatic rings. The molecule has 2 aromatic carbocycles. The van der Waals surface area contributed by atoms with E-state index in [0.29, 0.717) is 11.9 Å². The normalized spacial score (nSPS) is 22.4. The third kappa shape index (κ3) is 4.47. The Morgan fingerprint density at radius 2 is 1.94 bits per heavy atom. The molecule has 2 aliphatic heterocycles. The summed E-state index contributed by atoms with van der Waals surface area (Å²) in [6, 6.07) is 17.0. The zero-order valence-electron chi connectivity index (χ0n) is 18.5. The minimum absolute atomic E-state index is 0.0829. The van der Waals surface area contributed by atoms with E-state index in [1.807, 2.05) is 6.07 Å². The number of fused-ring (bicyclic) bond motifs is 1. The fraction of sp³-hybridized carbons (Fsp3) is 0.440. The fourth-order valence-electron chi connectivity index (χ4n) is 5.05. The van der Waals surface area contributed by atoms with Crippen molar-refractivity contribution in [2.24, 2.45) is 5.92 Å². The molecule has 0 radical (unpaired) electrons.